The summed E-state index contributed by atoms with van der Waals surface area (Å²) in [4.78, 5) is 2.83. The van der Waals surface area contributed by atoms with Crippen LogP contribution in [0.25, 0.3) is 0 Å². The molecule has 0 radical (unpaired) electrons. The molecule has 0 amide bonds. The molecule has 2 aromatic rings. The third kappa shape index (κ3) is 9.96. The molecule has 0 aromatic heterocycles. The maximum absolute atomic E-state index is 5.53. The topological polar surface area (TPSA) is 15.3 Å². The normalized spacial score (nSPS) is 23.7. The Bertz CT molecular complexity index is 1480. The first-order valence-corrected chi connectivity index (χ1v) is 26.6. The summed E-state index contributed by atoms with van der Waals surface area (Å²) in [6.45, 7) is 19.0. The third-order valence-corrected chi connectivity index (χ3v) is 17.5. The zero-order valence-corrected chi connectivity index (χ0v) is 36.5. The molecule has 4 aliphatic rings. The van der Waals surface area contributed by atoms with Crippen molar-refractivity contribution in [3.05, 3.63) is 86.3 Å². The molecule has 2 unspecified atom stereocenters. The standard InChI is InChI=1S/C39H57N2P.C5H8.2ClH.Ru/c1-26-21-28(3)37(29(4)22-26)35-25-40-39(41(35)38-30(5)23-27(2)24-31(38)6)34-19-13-14-20-36(34)42(32-15-9-7-10-16-32)33-17-11-8-12-18-33;1-4-5(2)3;;;/h21-24,32-33,35-36,40H,7-20,25H2,1-6H3;1,4H,2-3H3;2*1H;/q;;;;+2/p-2. The van der Waals surface area contributed by atoms with Gasteiger partial charge in [-0.05, 0) is 131 Å². The van der Waals surface area contributed by atoms with Crippen molar-refractivity contribution in [2.45, 2.75) is 168 Å². The van der Waals surface area contributed by atoms with Crippen LogP contribution in [-0.4, -0.2) is 28.1 Å². The zero-order chi connectivity index (χ0) is 35.9. The second kappa shape index (κ2) is 18.9. The van der Waals surface area contributed by atoms with Crippen LogP contribution >= 0.6 is 27.3 Å². The molecule has 278 valence electrons. The van der Waals surface area contributed by atoms with Crippen molar-refractivity contribution in [2.24, 2.45) is 0 Å². The fourth-order valence-corrected chi connectivity index (χ4v) is 15.8. The molecule has 0 bridgehead atoms. The van der Waals surface area contributed by atoms with E-state index in [9.17, 15) is 0 Å². The SMILES string of the molecule is CC(C)=C[CH]=[Ru]([Cl])[Cl].Cc1cc(C)c(C2CNC(=C3CCCCC3P(C3CCCCC3)C3CCCCC3)N2c2c(C)cc(C)cc2C)c(C)c1. The molecule has 2 nitrogen and oxygen atoms in total. The van der Waals surface area contributed by atoms with Crippen molar-refractivity contribution in [3.63, 3.8) is 0 Å². The molecule has 4 fully saturated rings. The fourth-order valence-electron chi connectivity index (χ4n) is 9.89. The van der Waals surface area contributed by atoms with Crippen LogP contribution in [0.15, 0.2) is 47.3 Å². The molecule has 2 aromatic carbocycles. The second-order valence-corrected chi connectivity index (χ2v) is 24.8. The van der Waals surface area contributed by atoms with Crippen LogP contribution in [0.5, 0.6) is 0 Å². The number of nitrogens with zero attached hydrogens (tertiary/aromatic N) is 1. The number of anilines is 1. The van der Waals surface area contributed by atoms with Gasteiger partial charge in [-0.2, -0.15) is 0 Å². The number of benzene rings is 2. The first-order valence-electron chi connectivity index (χ1n) is 19.6. The predicted octanol–water partition coefficient (Wildman–Crippen LogP) is 13.7. The summed E-state index contributed by atoms with van der Waals surface area (Å²) in [5.74, 6) is 1.51. The van der Waals surface area contributed by atoms with Crippen LogP contribution in [0.4, 0.5) is 5.69 Å². The minimum Gasteiger partial charge on any atom is -0.369 e. The Balaban J connectivity index is 0.000000544. The molecule has 3 aliphatic carbocycles. The molecule has 50 heavy (non-hydrogen) atoms. The first kappa shape index (κ1) is 40.2. The van der Waals surface area contributed by atoms with Gasteiger partial charge in [-0.15, -0.1) is 0 Å². The van der Waals surface area contributed by atoms with Gasteiger partial charge >= 0.3 is 63.0 Å². The molecular formula is C44H65Cl2N2PRu. The Kier molecular flexibility index (Phi) is 15.2. The summed E-state index contributed by atoms with van der Waals surface area (Å²) in [7, 11) is 11.1. The van der Waals surface area contributed by atoms with E-state index in [0.717, 1.165) is 23.5 Å². The first-order chi connectivity index (χ1) is 24.0. The van der Waals surface area contributed by atoms with Crippen LogP contribution < -0.4 is 10.2 Å². The molecular weight excluding hydrogens is 759 g/mol. The number of hydrogen-bond donors (Lipinski definition) is 1. The van der Waals surface area contributed by atoms with Crippen molar-refractivity contribution in [3.8, 4) is 0 Å². The van der Waals surface area contributed by atoms with Crippen LogP contribution in [0, 0.1) is 41.5 Å². The summed E-state index contributed by atoms with van der Waals surface area (Å²) in [5.41, 5.74) is 17.4. The van der Waals surface area contributed by atoms with Crippen molar-refractivity contribution in [1.82, 2.24) is 5.32 Å². The van der Waals surface area contributed by atoms with Crippen molar-refractivity contribution < 1.29 is 13.5 Å². The summed E-state index contributed by atoms with van der Waals surface area (Å²) in [6.07, 6.45) is 22.4. The van der Waals surface area contributed by atoms with Gasteiger partial charge in [-0.25, -0.2) is 0 Å². The molecule has 3 saturated carbocycles. The molecule has 0 spiro atoms. The monoisotopic (exact) mass is 824 g/mol. The second-order valence-electron chi connectivity index (χ2n) is 16.1. The van der Waals surface area contributed by atoms with Gasteiger partial charge in [0.2, 0.25) is 0 Å². The largest absolute Gasteiger partial charge is 0.369 e. The van der Waals surface area contributed by atoms with Gasteiger partial charge in [-0.1, -0.05) is 88.3 Å². The number of halogens is 2. The van der Waals surface area contributed by atoms with Gasteiger partial charge in [0, 0.05) is 17.9 Å². The number of rotatable bonds is 6. The van der Waals surface area contributed by atoms with Gasteiger partial charge in [0.25, 0.3) is 0 Å². The smallest absolute Gasteiger partial charge is 0.106 e. The van der Waals surface area contributed by atoms with Gasteiger partial charge in [0.05, 0.1) is 6.04 Å². The van der Waals surface area contributed by atoms with Crippen molar-refractivity contribution in [1.29, 1.82) is 0 Å². The molecule has 1 heterocycles. The molecule has 1 N–H and O–H groups in total. The maximum Gasteiger partial charge on any atom is 0.106 e. The van der Waals surface area contributed by atoms with Crippen LogP contribution in [0.1, 0.15) is 149 Å². The van der Waals surface area contributed by atoms with Crippen molar-refractivity contribution in [2.75, 3.05) is 11.4 Å². The number of hydrogen-bond acceptors (Lipinski definition) is 2. The van der Waals surface area contributed by atoms with Crippen LogP contribution in [-0.2, 0) is 13.5 Å². The van der Waals surface area contributed by atoms with E-state index in [0.29, 0.717) is 6.04 Å². The van der Waals surface area contributed by atoms with Gasteiger partial charge in [0.1, 0.15) is 5.82 Å². The van der Waals surface area contributed by atoms with Crippen LogP contribution in [0.2, 0.25) is 0 Å². The third-order valence-electron chi connectivity index (χ3n) is 11.7. The maximum atomic E-state index is 5.53. The minimum atomic E-state index is -1.52. The average molecular weight is 825 g/mol. The van der Waals surface area contributed by atoms with E-state index in [-0.39, 0.29) is 7.92 Å². The van der Waals surface area contributed by atoms with E-state index in [1.807, 2.05) is 30.1 Å². The molecule has 1 aliphatic heterocycles. The molecule has 2 atom stereocenters. The van der Waals surface area contributed by atoms with Gasteiger partial charge in [0.15, 0.2) is 0 Å². The van der Waals surface area contributed by atoms with Gasteiger partial charge < -0.3 is 10.2 Å². The summed E-state index contributed by atoms with van der Waals surface area (Å²) in [5, 5.41) is 4.17. The quantitative estimate of drug-likeness (QED) is 0.231. The van der Waals surface area contributed by atoms with E-state index in [1.54, 1.807) is 0 Å². The molecule has 6 rings (SSSR count). The Labute approximate surface area is 320 Å². The van der Waals surface area contributed by atoms with Crippen molar-refractivity contribution >= 4 is 37.6 Å². The van der Waals surface area contributed by atoms with E-state index in [2.05, 4.69) is 76.0 Å². The van der Waals surface area contributed by atoms with E-state index >= 15 is 0 Å². The van der Waals surface area contributed by atoms with Crippen LogP contribution in [0.3, 0.4) is 0 Å². The summed E-state index contributed by atoms with van der Waals surface area (Å²) >= 11 is -1.52. The Morgan fingerprint density at radius 3 is 1.70 bits per heavy atom. The average Bonchev–Trinajstić information content (AvgIpc) is 3.48. The van der Waals surface area contributed by atoms with E-state index in [1.165, 1.54) is 146 Å². The van der Waals surface area contributed by atoms with E-state index < -0.39 is 13.5 Å². The summed E-state index contributed by atoms with van der Waals surface area (Å²) in [6, 6.07) is 10.0. The molecule has 6 heteroatoms. The van der Waals surface area contributed by atoms with Gasteiger partial charge in [-0.3, -0.25) is 0 Å². The van der Waals surface area contributed by atoms with E-state index in [4.69, 9.17) is 19.4 Å². The summed E-state index contributed by atoms with van der Waals surface area (Å²) < 4.78 is 1.88. The fraction of sp³-hybridized carbons (Fsp3) is 0.614. The number of aryl methyl sites for hydroxylation is 6. The minimum absolute atomic E-state index is 0.0112. The Hall–Kier alpha value is -0.977. The Morgan fingerprint density at radius 1 is 0.720 bits per heavy atom. The molecule has 1 saturated heterocycles. The number of nitrogens with one attached hydrogen (secondary N) is 1. The predicted molar refractivity (Wildman–Crippen MR) is 222 cm³/mol. The Morgan fingerprint density at radius 2 is 1.22 bits per heavy atom. The zero-order valence-electron chi connectivity index (χ0n) is 32.4. The number of allylic oxidation sites excluding steroid dienone is 3.